The average molecular weight is 476 g/mol. The number of aryl methyl sites for hydroxylation is 1. The lowest BCUT2D eigenvalue weighted by atomic mass is 9.97. The Morgan fingerprint density at radius 2 is 1.54 bits per heavy atom. The molecule has 1 aromatic heterocycles. The summed E-state index contributed by atoms with van der Waals surface area (Å²) in [5, 5.41) is 0. The summed E-state index contributed by atoms with van der Waals surface area (Å²) in [5.74, 6) is -0.484. The maximum Gasteiger partial charge on any atom is 0.348 e. The standard InChI is InChI=1S/C31H38FNO2/c1-4-6-8-9-13-24-16-21-29(33-23-24)28-15-11-10-14-27(28)25-17-19-26(20-18-25)35-30(34)31(3,32)22-12-7-5-2/h10-11,14-21,23H,4-9,12-13,22H2,1-3H3/t31-/m0/s1. The molecule has 0 aliphatic rings. The SMILES string of the molecule is CCCCCCc1ccc(-c2ccccc2-c2ccc(OC(=O)[C@@](C)(F)CCCCC)cc2)nc1. The summed E-state index contributed by atoms with van der Waals surface area (Å²) in [6, 6.07) is 19.6. The maximum absolute atomic E-state index is 14.7. The van der Waals surface area contributed by atoms with E-state index in [-0.39, 0.29) is 6.42 Å². The molecule has 2 aromatic carbocycles. The fraction of sp³-hybridized carbons (Fsp3) is 0.419. The molecule has 1 atom stereocenters. The van der Waals surface area contributed by atoms with Gasteiger partial charge in [0.25, 0.3) is 0 Å². The topological polar surface area (TPSA) is 39.2 Å². The largest absolute Gasteiger partial charge is 0.424 e. The molecular weight excluding hydrogens is 437 g/mol. The third kappa shape index (κ3) is 7.74. The van der Waals surface area contributed by atoms with Crippen molar-refractivity contribution in [1.29, 1.82) is 0 Å². The van der Waals surface area contributed by atoms with Crippen LogP contribution in [0.15, 0.2) is 66.9 Å². The van der Waals surface area contributed by atoms with Crippen LogP contribution in [0.1, 0.15) is 77.7 Å². The molecule has 0 N–H and O–H groups in total. The summed E-state index contributed by atoms with van der Waals surface area (Å²) in [6.07, 6.45) is 10.7. The summed E-state index contributed by atoms with van der Waals surface area (Å²) in [5.41, 5.74) is 3.29. The normalized spacial score (nSPS) is 12.8. The van der Waals surface area contributed by atoms with Crippen LogP contribution in [-0.4, -0.2) is 16.6 Å². The number of benzene rings is 2. The fourth-order valence-corrected chi connectivity index (χ4v) is 4.17. The van der Waals surface area contributed by atoms with Gasteiger partial charge in [-0.15, -0.1) is 0 Å². The van der Waals surface area contributed by atoms with E-state index in [0.29, 0.717) is 12.2 Å². The van der Waals surface area contributed by atoms with Gasteiger partial charge in [-0.2, -0.15) is 0 Å². The molecule has 0 bridgehead atoms. The Morgan fingerprint density at radius 1 is 0.857 bits per heavy atom. The van der Waals surface area contributed by atoms with Gasteiger partial charge in [0.2, 0.25) is 5.67 Å². The zero-order chi connectivity index (χ0) is 25.1. The Hall–Kier alpha value is -3.01. The number of unbranched alkanes of at least 4 members (excludes halogenated alkanes) is 5. The second-order valence-electron chi connectivity index (χ2n) is 9.48. The van der Waals surface area contributed by atoms with Crippen LogP contribution in [0.25, 0.3) is 22.4 Å². The minimum Gasteiger partial charge on any atom is -0.424 e. The van der Waals surface area contributed by atoms with E-state index < -0.39 is 11.6 Å². The first kappa shape index (κ1) is 26.6. The monoisotopic (exact) mass is 475 g/mol. The van der Waals surface area contributed by atoms with Crippen molar-refractivity contribution in [2.24, 2.45) is 0 Å². The molecule has 3 nitrogen and oxygen atoms in total. The zero-order valence-corrected chi connectivity index (χ0v) is 21.4. The van der Waals surface area contributed by atoms with Crippen molar-refractivity contribution in [1.82, 2.24) is 4.98 Å². The number of esters is 1. The van der Waals surface area contributed by atoms with E-state index in [4.69, 9.17) is 9.72 Å². The zero-order valence-electron chi connectivity index (χ0n) is 21.4. The van der Waals surface area contributed by atoms with Gasteiger partial charge in [-0.25, -0.2) is 9.18 Å². The smallest absolute Gasteiger partial charge is 0.348 e. The summed E-state index contributed by atoms with van der Waals surface area (Å²) >= 11 is 0. The quantitative estimate of drug-likeness (QED) is 0.141. The highest BCUT2D eigenvalue weighted by molar-refractivity contribution is 5.83. The van der Waals surface area contributed by atoms with Gasteiger partial charge in [0.1, 0.15) is 5.75 Å². The molecule has 3 rings (SSSR count). The number of carbonyl (C=O) groups excluding carboxylic acids is 1. The molecule has 0 aliphatic heterocycles. The lowest BCUT2D eigenvalue weighted by molar-refractivity contribution is -0.147. The van der Waals surface area contributed by atoms with E-state index in [0.717, 1.165) is 41.6 Å². The predicted octanol–water partition coefficient (Wildman–Crippen LogP) is 8.75. The number of rotatable bonds is 13. The van der Waals surface area contributed by atoms with Crippen molar-refractivity contribution in [3.63, 3.8) is 0 Å². The van der Waals surface area contributed by atoms with E-state index in [1.54, 1.807) is 12.1 Å². The van der Waals surface area contributed by atoms with Gasteiger partial charge < -0.3 is 4.74 Å². The summed E-state index contributed by atoms with van der Waals surface area (Å²) in [4.78, 5) is 17.1. The third-order valence-electron chi connectivity index (χ3n) is 6.40. The molecule has 35 heavy (non-hydrogen) atoms. The van der Waals surface area contributed by atoms with E-state index in [9.17, 15) is 9.18 Å². The molecule has 0 saturated carbocycles. The lowest BCUT2D eigenvalue weighted by Gasteiger charge is -2.18. The van der Waals surface area contributed by atoms with Crippen molar-refractivity contribution in [2.45, 2.75) is 84.2 Å². The van der Waals surface area contributed by atoms with Gasteiger partial charge in [-0.05, 0) is 67.5 Å². The first-order valence-corrected chi connectivity index (χ1v) is 13.0. The van der Waals surface area contributed by atoms with Crippen LogP contribution in [0, 0.1) is 0 Å². The Balaban J connectivity index is 1.70. The van der Waals surface area contributed by atoms with E-state index in [2.05, 4.69) is 31.2 Å². The van der Waals surface area contributed by atoms with E-state index >= 15 is 0 Å². The molecule has 1 heterocycles. The van der Waals surface area contributed by atoms with Crippen molar-refractivity contribution in [3.05, 3.63) is 72.4 Å². The van der Waals surface area contributed by atoms with Crippen LogP contribution in [0.2, 0.25) is 0 Å². The third-order valence-corrected chi connectivity index (χ3v) is 6.40. The Kier molecular flexibility index (Phi) is 10.0. The number of ether oxygens (including phenoxy) is 1. The van der Waals surface area contributed by atoms with Crippen molar-refractivity contribution in [3.8, 4) is 28.1 Å². The maximum atomic E-state index is 14.7. The van der Waals surface area contributed by atoms with Gasteiger partial charge >= 0.3 is 5.97 Å². The van der Waals surface area contributed by atoms with Crippen LogP contribution < -0.4 is 4.74 Å². The summed E-state index contributed by atoms with van der Waals surface area (Å²) in [6.45, 7) is 5.58. The fourth-order valence-electron chi connectivity index (χ4n) is 4.17. The number of hydrogen-bond donors (Lipinski definition) is 0. The van der Waals surface area contributed by atoms with Gasteiger partial charge in [-0.1, -0.05) is 88.4 Å². The highest BCUT2D eigenvalue weighted by atomic mass is 19.1. The average Bonchev–Trinajstić information content (AvgIpc) is 2.87. The minimum absolute atomic E-state index is 0.176. The van der Waals surface area contributed by atoms with Crippen molar-refractivity contribution >= 4 is 5.97 Å². The number of alkyl halides is 1. The number of nitrogens with zero attached hydrogens (tertiary/aromatic N) is 1. The molecule has 0 unspecified atom stereocenters. The van der Waals surface area contributed by atoms with Gasteiger partial charge in [0, 0.05) is 11.8 Å². The van der Waals surface area contributed by atoms with Gasteiger partial charge in [-0.3, -0.25) is 4.98 Å². The Morgan fingerprint density at radius 3 is 2.20 bits per heavy atom. The lowest BCUT2D eigenvalue weighted by Crippen LogP contribution is -2.34. The van der Waals surface area contributed by atoms with E-state index in [1.807, 2.05) is 37.4 Å². The van der Waals surface area contributed by atoms with Crippen molar-refractivity contribution < 1.29 is 13.9 Å². The van der Waals surface area contributed by atoms with Crippen LogP contribution in [0.4, 0.5) is 4.39 Å². The first-order valence-electron chi connectivity index (χ1n) is 13.0. The number of carbonyl (C=O) groups is 1. The second kappa shape index (κ2) is 13.2. The first-order chi connectivity index (χ1) is 16.9. The number of pyridine rings is 1. The second-order valence-corrected chi connectivity index (χ2v) is 9.48. The van der Waals surface area contributed by atoms with Crippen LogP contribution in [0.5, 0.6) is 5.75 Å². The molecule has 0 spiro atoms. The highest BCUT2D eigenvalue weighted by Crippen LogP contribution is 2.32. The molecule has 0 fully saturated rings. The Bertz CT molecular complexity index is 1060. The van der Waals surface area contributed by atoms with Crippen LogP contribution in [0.3, 0.4) is 0 Å². The molecule has 4 heteroatoms. The molecule has 0 aliphatic carbocycles. The van der Waals surface area contributed by atoms with Crippen LogP contribution >= 0.6 is 0 Å². The number of hydrogen-bond acceptors (Lipinski definition) is 3. The minimum atomic E-state index is -1.98. The molecule has 0 radical (unpaired) electrons. The van der Waals surface area contributed by atoms with Crippen molar-refractivity contribution in [2.75, 3.05) is 0 Å². The number of aromatic nitrogens is 1. The summed E-state index contributed by atoms with van der Waals surface area (Å²) in [7, 11) is 0. The highest BCUT2D eigenvalue weighted by Gasteiger charge is 2.34. The van der Waals surface area contributed by atoms with Gasteiger partial charge in [0.15, 0.2) is 0 Å². The molecule has 186 valence electrons. The number of halogens is 1. The molecule has 3 aromatic rings. The molecule has 0 saturated heterocycles. The van der Waals surface area contributed by atoms with E-state index in [1.165, 1.54) is 38.2 Å². The summed E-state index contributed by atoms with van der Waals surface area (Å²) < 4.78 is 20.1. The predicted molar refractivity (Wildman–Crippen MR) is 142 cm³/mol. The Labute approximate surface area is 209 Å². The van der Waals surface area contributed by atoms with Gasteiger partial charge in [0.05, 0.1) is 5.69 Å². The molecular formula is C31H38FNO2. The van der Waals surface area contributed by atoms with Crippen LogP contribution in [-0.2, 0) is 11.2 Å². The molecule has 0 amide bonds.